The van der Waals surface area contributed by atoms with Gasteiger partial charge in [0.2, 0.25) is 0 Å². The molecule has 25 heavy (non-hydrogen) atoms. The fourth-order valence-electron chi connectivity index (χ4n) is 1.58. The molecule has 2 amide bonds. The molecular formula is C17H27N3O4S. The molecular weight excluding hydrogens is 342 g/mol. The highest BCUT2D eigenvalue weighted by Gasteiger charge is 2.17. The quantitative estimate of drug-likeness (QED) is 0.750. The molecule has 0 aliphatic heterocycles. The van der Waals surface area contributed by atoms with Gasteiger partial charge < -0.3 is 14.8 Å². The summed E-state index contributed by atoms with van der Waals surface area (Å²) >= 11 is 1.34. The Morgan fingerprint density at radius 1 is 1.12 bits per heavy atom. The van der Waals surface area contributed by atoms with Crippen LogP contribution in [0, 0.1) is 0 Å². The van der Waals surface area contributed by atoms with Crippen molar-refractivity contribution in [3.05, 3.63) is 17.2 Å². The molecule has 0 radical (unpaired) electrons. The van der Waals surface area contributed by atoms with Gasteiger partial charge in [-0.1, -0.05) is 17.4 Å². The average molecular weight is 369 g/mol. The lowest BCUT2D eigenvalue weighted by Crippen LogP contribution is -2.32. The number of alkyl carbamates (subject to hydrolysis) is 1. The van der Waals surface area contributed by atoms with Crippen LogP contribution in [-0.4, -0.2) is 34.9 Å². The van der Waals surface area contributed by atoms with Crippen molar-refractivity contribution in [3.8, 4) is 0 Å². The molecule has 0 aliphatic rings. The summed E-state index contributed by atoms with van der Waals surface area (Å²) < 4.78 is 10.3. The number of ether oxygens (including phenoxy) is 2. The molecule has 0 atom stereocenters. The first-order chi connectivity index (χ1) is 11.4. The summed E-state index contributed by atoms with van der Waals surface area (Å²) in [4.78, 5) is 28.2. The van der Waals surface area contributed by atoms with Gasteiger partial charge in [0.15, 0.2) is 5.13 Å². The van der Waals surface area contributed by atoms with Gasteiger partial charge in [0, 0.05) is 17.6 Å². The molecule has 7 nitrogen and oxygen atoms in total. The molecule has 0 aliphatic carbocycles. The average Bonchev–Trinajstić information content (AvgIpc) is 2.81. The Hall–Kier alpha value is -2.09. The second kappa shape index (κ2) is 8.84. The fourth-order valence-corrected chi connectivity index (χ4v) is 2.32. The topological polar surface area (TPSA) is 89.5 Å². The molecule has 0 unspecified atom stereocenters. The van der Waals surface area contributed by atoms with E-state index >= 15 is 0 Å². The highest BCUT2D eigenvalue weighted by molar-refractivity contribution is 7.16. The van der Waals surface area contributed by atoms with E-state index in [2.05, 4.69) is 15.6 Å². The summed E-state index contributed by atoms with van der Waals surface area (Å²) in [7, 11) is 0. The van der Waals surface area contributed by atoms with Gasteiger partial charge in [0.1, 0.15) is 11.2 Å². The number of nitrogens with zero attached hydrogens (tertiary/aromatic N) is 1. The van der Waals surface area contributed by atoms with Crippen LogP contribution in [0.4, 0.5) is 14.7 Å². The van der Waals surface area contributed by atoms with Crippen molar-refractivity contribution in [2.24, 2.45) is 0 Å². The smallest absolute Gasteiger partial charge is 0.413 e. The zero-order valence-corrected chi connectivity index (χ0v) is 16.5. The van der Waals surface area contributed by atoms with Crippen LogP contribution in [0.25, 0.3) is 6.08 Å². The zero-order valence-electron chi connectivity index (χ0n) is 15.6. The van der Waals surface area contributed by atoms with Gasteiger partial charge >= 0.3 is 12.2 Å². The molecule has 0 aromatic carbocycles. The van der Waals surface area contributed by atoms with Gasteiger partial charge in [-0.25, -0.2) is 14.6 Å². The Morgan fingerprint density at radius 3 is 2.32 bits per heavy atom. The number of thiazole rings is 1. The van der Waals surface area contributed by atoms with Crippen molar-refractivity contribution < 1.29 is 19.1 Å². The Kier molecular flexibility index (Phi) is 7.41. The standard InChI is InChI=1S/C17H27N3O4S/c1-16(2,3)23-14(21)18-10-8-7-9-12-11-19-13(25-12)20-15(22)24-17(4,5)6/h7,9,11H,8,10H2,1-6H3,(H,18,21)(H,19,20,22). The normalized spacial score (nSPS) is 12.1. The van der Waals surface area contributed by atoms with E-state index < -0.39 is 23.4 Å². The predicted octanol–water partition coefficient (Wildman–Crippen LogP) is 4.42. The Bertz CT molecular complexity index is 612. The van der Waals surface area contributed by atoms with Crippen LogP contribution in [0.15, 0.2) is 12.3 Å². The van der Waals surface area contributed by atoms with Crippen LogP contribution in [-0.2, 0) is 9.47 Å². The summed E-state index contributed by atoms with van der Waals surface area (Å²) in [5.41, 5.74) is -1.05. The van der Waals surface area contributed by atoms with Gasteiger partial charge in [-0.15, -0.1) is 0 Å². The van der Waals surface area contributed by atoms with E-state index in [4.69, 9.17) is 9.47 Å². The summed E-state index contributed by atoms with van der Waals surface area (Å²) in [5.74, 6) is 0. The van der Waals surface area contributed by atoms with Gasteiger partial charge in [0.25, 0.3) is 0 Å². The summed E-state index contributed by atoms with van der Waals surface area (Å²) in [6, 6.07) is 0. The minimum absolute atomic E-state index is 0.428. The van der Waals surface area contributed by atoms with E-state index in [9.17, 15) is 9.59 Å². The number of hydrogen-bond donors (Lipinski definition) is 2. The number of amides is 2. The monoisotopic (exact) mass is 369 g/mol. The third kappa shape index (κ3) is 10.4. The van der Waals surface area contributed by atoms with E-state index in [0.717, 1.165) is 4.88 Å². The number of carbonyl (C=O) groups excluding carboxylic acids is 2. The summed E-state index contributed by atoms with van der Waals surface area (Å²) in [5, 5.41) is 5.75. The fraction of sp³-hybridized carbons (Fsp3) is 0.588. The molecule has 0 saturated carbocycles. The second-order valence-electron chi connectivity index (χ2n) is 7.31. The first kappa shape index (κ1) is 21.0. The molecule has 0 fully saturated rings. The van der Waals surface area contributed by atoms with Crippen molar-refractivity contribution >= 4 is 34.7 Å². The van der Waals surface area contributed by atoms with E-state index in [0.29, 0.717) is 18.1 Å². The van der Waals surface area contributed by atoms with E-state index in [1.807, 2.05) is 32.9 Å². The van der Waals surface area contributed by atoms with Gasteiger partial charge in [0.05, 0.1) is 0 Å². The molecule has 1 rings (SSSR count). The van der Waals surface area contributed by atoms with E-state index in [1.165, 1.54) is 11.3 Å². The minimum Gasteiger partial charge on any atom is -0.444 e. The molecule has 0 saturated heterocycles. The summed E-state index contributed by atoms with van der Waals surface area (Å²) in [6.45, 7) is 11.3. The number of carbonyl (C=O) groups is 2. The number of rotatable bonds is 5. The SMILES string of the molecule is CC(C)(C)OC(=O)NCCC=Cc1cnc(NC(=O)OC(C)(C)C)s1. The molecule has 8 heteroatoms. The number of anilines is 1. The van der Waals surface area contributed by atoms with Crippen LogP contribution in [0.5, 0.6) is 0 Å². The van der Waals surface area contributed by atoms with Crippen LogP contribution in [0.2, 0.25) is 0 Å². The lowest BCUT2D eigenvalue weighted by Gasteiger charge is -2.19. The van der Waals surface area contributed by atoms with Crippen molar-refractivity contribution in [1.29, 1.82) is 0 Å². The lowest BCUT2D eigenvalue weighted by molar-refractivity contribution is 0.0527. The largest absolute Gasteiger partial charge is 0.444 e. The molecule has 2 N–H and O–H groups in total. The van der Waals surface area contributed by atoms with Crippen molar-refractivity contribution in [3.63, 3.8) is 0 Å². The predicted molar refractivity (Wildman–Crippen MR) is 99.9 cm³/mol. The minimum atomic E-state index is -0.550. The van der Waals surface area contributed by atoms with E-state index in [-0.39, 0.29) is 0 Å². The maximum absolute atomic E-state index is 11.7. The highest BCUT2D eigenvalue weighted by atomic mass is 32.1. The second-order valence-corrected chi connectivity index (χ2v) is 8.38. The van der Waals surface area contributed by atoms with Gasteiger partial charge in [-0.3, -0.25) is 5.32 Å². The third-order valence-corrected chi connectivity index (χ3v) is 3.27. The Balaban J connectivity index is 2.34. The molecule has 0 bridgehead atoms. The molecule has 140 valence electrons. The Morgan fingerprint density at radius 2 is 1.72 bits per heavy atom. The van der Waals surface area contributed by atoms with Crippen molar-refractivity contribution in [1.82, 2.24) is 10.3 Å². The third-order valence-electron chi connectivity index (χ3n) is 2.39. The Labute approximate surface area is 152 Å². The number of hydrogen-bond acceptors (Lipinski definition) is 6. The first-order valence-electron chi connectivity index (χ1n) is 8.04. The number of aromatic nitrogens is 1. The summed E-state index contributed by atoms with van der Waals surface area (Å²) in [6.07, 6.45) is 5.17. The maximum Gasteiger partial charge on any atom is 0.413 e. The first-order valence-corrected chi connectivity index (χ1v) is 8.85. The number of nitrogens with one attached hydrogen (secondary N) is 2. The van der Waals surface area contributed by atoms with E-state index in [1.54, 1.807) is 27.0 Å². The molecule has 1 heterocycles. The van der Waals surface area contributed by atoms with Gasteiger partial charge in [-0.2, -0.15) is 0 Å². The van der Waals surface area contributed by atoms with Crippen LogP contribution >= 0.6 is 11.3 Å². The molecule has 0 spiro atoms. The van der Waals surface area contributed by atoms with Crippen LogP contribution in [0.1, 0.15) is 52.8 Å². The highest BCUT2D eigenvalue weighted by Crippen LogP contribution is 2.20. The van der Waals surface area contributed by atoms with Crippen LogP contribution < -0.4 is 10.6 Å². The molecule has 1 aromatic heterocycles. The van der Waals surface area contributed by atoms with Crippen molar-refractivity contribution in [2.75, 3.05) is 11.9 Å². The maximum atomic E-state index is 11.7. The molecule has 1 aromatic rings. The van der Waals surface area contributed by atoms with Gasteiger partial charge in [-0.05, 0) is 54.0 Å². The van der Waals surface area contributed by atoms with Crippen molar-refractivity contribution in [2.45, 2.75) is 59.2 Å². The van der Waals surface area contributed by atoms with Crippen LogP contribution in [0.3, 0.4) is 0 Å². The zero-order chi connectivity index (χ0) is 19.1. The lowest BCUT2D eigenvalue weighted by atomic mass is 10.2.